The smallest absolute Gasteiger partial charge is 0.258 e. The van der Waals surface area contributed by atoms with Gasteiger partial charge in [0.2, 0.25) is 0 Å². The number of benzene rings is 2. The summed E-state index contributed by atoms with van der Waals surface area (Å²) in [5, 5.41) is 17.5. The summed E-state index contributed by atoms with van der Waals surface area (Å²) >= 11 is 0. The molecule has 2 aromatic carbocycles. The van der Waals surface area contributed by atoms with E-state index in [0.717, 1.165) is 6.07 Å². The quantitative estimate of drug-likeness (QED) is 0.345. The van der Waals surface area contributed by atoms with Gasteiger partial charge in [0, 0.05) is 11.6 Å². The predicted molar refractivity (Wildman–Crippen MR) is 92.6 cm³/mol. The van der Waals surface area contributed by atoms with Crippen LogP contribution in [0.5, 0.6) is 0 Å². The van der Waals surface area contributed by atoms with Crippen molar-refractivity contribution in [2.75, 3.05) is 0 Å². The molecule has 0 amide bonds. The Morgan fingerprint density at radius 2 is 1.58 bits per heavy atom. The van der Waals surface area contributed by atoms with Crippen LogP contribution in [0.1, 0.15) is 22.3 Å². The molecule has 1 heterocycles. The van der Waals surface area contributed by atoms with Gasteiger partial charge in [0.1, 0.15) is 0 Å². The highest BCUT2D eigenvalue weighted by Crippen LogP contribution is 2.37. The fourth-order valence-corrected chi connectivity index (χ4v) is 2.83. The van der Waals surface area contributed by atoms with Crippen molar-refractivity contribution in [2.24, 2.45) is 0 Å². The van der Waals surface area contributed by atoms with Crippen molar-refractivity contribution in [1.82, 2.24) is 19.8 Å². The highest BCUT2D eigenvalue weighted by atomic mass is 19.4. The van der Waals surface area contributed by atoms with Gasteiger partial charge in [0.15, 0.2) is 0 Å². The summed E-state index contributed by atoms with van der Waals surface area (Å²) in [6.45, 7) is 1.07. The topological polar surface area (TPSA) is 95.8 Å². The summed E-state index contributed by atoms with van der Waals surface area (Å²) < 4.78 is 79.4. The third-order valence-electron chi connectivity index (χ3n) is 4.26. The maximum Gasteiger partial charge on any atom is 0.416 e. The van der Waals surface area contributed by atoms with E-state index in [4.69, 9.17) is 0 Å². The SMILES string of the molecule is Cc1cc(Cn2c(=O)nnn2-c2cc(C(F)(F)F)cc(C(F)(F)F)c2)ccc1[N+](=O)[O-]. The Hall–Kier alpha value is -3.71. The van der Waals surface area contributed by atoms with Gasteiger partial charge in [-0.3, -0.25) is 10.1 Å². The van der Waals surface area contributed by atoms with Gasteiger partial charge in [-0.2, -0.15) is 26.3 Å². The zero-order valence-electron chi connectivity index (χ0n) is 15.4. The van der Waals surface area contributed by atoms with E-state index in [-0.39, 0.29) is 23.9 Å². The molecular weight excluding hydrogens is 436 g/mol. The molecule has 0 spiro atoms. The first-order chi connectivity index (χ1) is 14.3. The molecule has 0 aliphatic heterocycles. The minimum absolute atomic E-state index is 0.0530. The minimum atomic E-state index is -5.09. The van der Waals surface area contributed by atoms with Crippen molar-refractivity contribution in [2.45, 2.75) is 25.8 Å². The molecule has 31 heavy (non-hydrogen) atoms. The lowest BCUT2D eigenvalue weighted by atomic mass is 10.1. The number of aromatic nitrogens is 4. The fraction of sp³-hybridized carbons (Fsp3) is 0.235. The normalized spacial score (nSPS) is 12.2. The minimum Gasteiger partial charge on any atom is -0.258 e. The number of rotatable bonds is 4. The van der Waals surface area contributed by atoms with Crippen molar-refractivity contribution in [3.8, 4) is 5.69 Å². The molecule has 0 radical (unpaired) electrons. The van der Waals surface area contributed by atoms with Crippen LogP contribution < -0.4 is 5.69 Å². The van der Waals surface area contributed by atoms with Crippen LogP contribution in [0, 0.1) is 17.0 Å². The van der Waals surface area contributed by atoms with E-state index in [0.29, 0.717) is 27.2 Å². The number of hydrogen-bond donors (Lipinski definition) is 0. The summed E-state index contributed by atoms with van der Waals surface area (Å²) in [5.74, 6) is 0. The van der Waals surface area contributed by atoms with Crippen LogP contribution in [0.15, 0.2) is 41.2 Å². The van der Waals surface area contributed by atoms with Crippen LogP contribution in [-0.4, -0.2) is 24.7 Å². The van der Waals surface area contributed by atoms with Gasteiger partial charge in [0.05, 0.1) is 28.3 Å². The molecular formula is C17H11F6N5O3. The predicted octanol–water partition coefficient (Wildman–Crippen LogP) is 3.73. The molecule has 0 atom stereocenters. The van der Waals surface area contributed by atoms with E-state index >= 15 is 0 Å². The Bertz CT molecular complexity index is 1180. The summed E-state index contributed by atoms with van der Waals surface area (Å²) in [7, 11) is 0. The molecule has 8 nitrogen and oxygen atoms in total. The standard InChI is InChI=1S/C17H11F6N5O3/c1-9-4-10(2-3-14(9)28(30)31)8-26-15(29)24-25-27(26)13-6-11(16(18,19)20)5-12(7-13)17(21,22)23/h2-7H,8H2,1H3. The second-order valence-electron chi connectivity index (χ2n) is 6.46. The molecule has 0 saturated carbocycles. The first-order valence-corrected chi connectivity index (χ1v) is 8.34. The number of nitro groups is 1. The molecule has 0 aliphatic rings. The average molecular weight is 447 g/mol. The molecule has 0 aliphatic carbocycles. The van der Waals surface area contributed by atoms with Crippen LogP contribution in [-0.2, 0) is 18.9 Å². The number of aryl methyl sites for hydroxylation is 1. The molecule has 164 valence electrons. The highest BCUT2D eigenvalue weighted by Gasteiger charge is 2.37. The zero-order chi connectivity index (χ0) is 23.1. The number of alkyl halides is 6. The van der Waals surface area contributed by atoms with Crippen molar-refractivity contribution < 1.29 is 31.3 Å². The monoisotopic (exact) mass is 447 g/mol. The number of nitrogens with zero attached hydrogens (tertiary/aromatic N) is 5. The molecule has 3 rings (SSSR count). The molecule has 14 heteroatoms. The molecule has 0 fully saturated rings. The second kappa shape index (κ2) is 7.52. The number of tetrazole rings is 1. The lowest BCUT2D eigenvalue weighted by Crippen LogP contribution is -2.24. The zero-order valence-corrected chi connectivity index (χ0v) is 15.4. The van der Waals surface area contributed by atoms with Crippen LogP contribution >= 0.6 is 0 Å². The van der Waals surface area contributed by atoms with Crippen LogP contribution in [0.4, 0.5) is 32.0 Å². The Kier molecular flexibility index (Phi) is 5.33. The lowest BCUT2D eigenvalue weighted by molar-refractivity contribution is -0.385. The summed E-state index contributed by atoms with van der Waals surface area (Å²) in [5.41, 5.74) is -4.53. The van der Waals surface area contributed by atoms with Gasteiger partial charge < -0.3 is 0 Å². The third-order valence-corrected chi connectivity index (χ3v) is 4.26. The van der Waals surface area contributed by atoms with Crippen molar-refractivity contribution in [3.63, 3.8) is 0 Å². The van der Waals surface area contributed by atoms with Gasteiger partial charge in [-0.25, -0.2) is 9.48 Å². The van der Waals surface area contributed by atoms with Gasteiger partial charge >= 0.3 is 18.0 Å². The Labute approximate surface area is 168 Å². The van der Waals surface area contributed by atoms with Crippen molar-refractivity contribution in [3.05, 3.63) is 79.3 Å². The van der Waals surface area contributed by atoms with Crippen LogP contribution in [0.3, 0.4) is 0 Å². The van der Waals surface area contributed by atoms with E-state index in [1.54, 1.807) is 0 Å². The number of nitro benzene ring substituents is 1. The van der Waals surface area contributed by atoms with E-state index < -0.39 is 39.8 Å². The lowest BCUT2D eigenvalue weighted by Gasteiger charge is -2.15. The van der Waals surface area contributed by atoms with Gasteiger partial charge in [-0.05, 0) is 42.0 Å². The Balaban J connectivity index is 2.12. The molecule has 0 unspecified atom stereocenters. The summed E-state index contributed by atoms with van der Waals surface area (Å²) in [4.78, 5) is 22.9. The van der Waals surface area contributed by atoms with E-state index in [1.165, 1.54) is 19.1 Å². The maximum absolute atomic E-state index is 13.1. The van der Waals surface area contributed by atoms with E-state index in [9.17, 15) is 41.3 Å². The molecule has 0 bridgehead atoms. The number of halogens is 6. The Morgan fingerprint density at radius 1 is 1.00 bits per heavy atom. The average Bonchev–Trinajstić information content (AvgIpc) is 3.00. The molecule has 1 aromatic heterocycles. The van der Waals surface area contributed by atoms with E-state index in [1.807, 2.05) is 0 Å². The molecule has 0 saturated heterocycles. The third kappa shape index (κ3) is 4.57. The van der Waals surface area contributed by atoms with Crippen LogP contribution in [0.2, 0.25) is 0 Å². The Morgan fingerprint density at radius 3 is 2.06 bits per heavy atom. The summed E-state index contributed by atoms with van der Waals surface area (Å²) in [6, 6.07) is 4.57. The van der Waals surface area contributed by atoms with Crippen molar-refractivity contribution in [1.29, 1.82) is 0 Å². The first kappa shape index (κ1) is 22.0. The fourth-order valence-electron chi connectivity index (χ4n) is 2.83. The second-order valence-corrected chi connectivity index (χ2v) is 6.46. The summed E-state index contributed by atoms with van der Waals surface area (Å²) in [6.07, 6.45) is -10.2. The van der Waals surface area contributed by atoms with Gasteiger partial charge in [0.25, 0.3) is 5.69 Å². The van der Waals surface area contributed by atoms with Gasteiger partial charge in [-0.1, -0.05) is 11.2 Å². The van der Waals surface area contributed by atoms with E-state index in [2.05, 4.69) is 10.3 Å². The van der Waals surface area contributed by atoms with Gasteiger partial charge in [-0.15, -0.1) is 4.80 Å². The maximum atomic E-state index is 13.1. The van der Waals surface area contributed by atoms with Crippen LogP contribution in [0.25, 0.3) is 5.69 Å². The number of hydrogen-bond acceptors (Lipinski definition) is 5. The first-order valence-electron chi connectivity index (χ1n) is 8.34. The molecule has 0 N–H and O–H groups in total. The molecule has 3 aromatic rings. The highest BCUT2D eigenvalue weighted by molar-refractivity contribution is 5.43. The van der Waals surface area contributed by atoms with Crippen molar-refractivity contribution >= 4 is 5.69 Å². The largest absolute Gasteiger partial charge is 0.416 e.